The SMILES string of the molecule is CCN(CCCl)C(=O)c1ccc(C)c(O)c1. The highest BCUT2D eigenvalue weighted by atomic mass is 35.5. The van der Waals surface area contributed by atoms with Crippen LogP contribution in [0, 0.1) is 6.92 Å². The van der Waals surface area contributed by atoms with Crippen molar-refractivity contribution in [3.05, 3.63) is 29.3 Å². The predicted octanol–water partition coefficient (Wildman–Crippen LogP) is 2.40. The van der Waals surface area contributed by atoms with Crippen molar-refractivity contribution >= 4 is 17.5 Å². The first kappa shape index (κ1) is 12.8. The number of phenols is 1. The molecule has 0 aliphatic heterocycles. The molecule has 0 unspecified atom stereocenters. The summed E-state index contributed by atoms with van der Waals surface area (Å²) in [6.45, 7) is 4.82. The van der Waals surface area contributed by atoms with Crippen molar-refractivity contribution in [3.8, 4) is 5.75 Å². The molecule has 0 saturated heterocycles. The summed E-state index contributed by atoms with van der Waals surface area (Å²) in [7, 11) is 0. The lowest BCUT2D eigenvalue weighted by molar-refractivity contribution is 0.0773. The molecule has 1 aromatic carbocycles. The van der Waals surface area contributed by atoms with Gasteiger partial charge in [-0.3, -0.25) is 4.79 Å². The van der Waals surface area contributed by atoms with Crippen molar-refractivity contribution in [3.63, 3.8) is 0 Å². The molecule has 0 aliphatic carbocycles. The maximum atomic E-state index is 12.0. The van der Waals surface area contributed by atoms with Crippen molar-refractivity contribution in [1.82, 2.24) is 4.90 Å². The fraction of sp³-hybridized carbons (Fsp3) is 0.417. The van der Waals surface area contributed by atoms with Gasteiger partial charge in [-0.1, -0.05) is 6.07 Å². The highest BCUT2D eigenvalue weighted by Gasteiger charge is 2.14. The van der Waals surface area contributed by atoms with Crippen molar-refractivity contribution in [1.29, 1.82) is 0 Å². The lowest BCUT2D eigenvalue weighted by Crippen LogP contribution is -2.32. The molecule has 0 atom stereocenters. The minimum absolute atomic E-state index is 0.0987. The van der Waals surface area contributed by atoms with E-state index in [1.54, 1.807) is 24.0 Å². The molecule has 1 aromatic rings. The average Bonchev–Trinajstić information content (AvgIpc) is 2.28. The molecule has 1 N–H and O–H groups in total. The quantitative estimate of drug-likeness (QED) is 0.823. The molecule has 1 amide bonds. The Balaban J connectivity index is 2.90. The normalized spacial score (nSPS) is 10.2. The molecule has 0 fully saturated rings. The third-order valence-corrected chi connectivity index (χ3v) is 2.65. The average molecular weight is 242 g/mol. The molecule has 16 heavy (non-hydrogen) atoms. The van der Waals surface area contributed by atoms with E-state index in [0.29, 0.717) is 24.5 Å². The molecule has 0 heterocycles. The maximum absolute atomic E-state index is 12.0. The molecular formula is C12H16ClNO2. The van der Waals surface area contributed by atoms with Crippen LogP contribution in [0.15, 0.2) is 18.2 Å². The number of carbonyl (C=O) groups excluding carboxylic acids is 1. The molecule has 3 nitrogen and oxygen atoms in total. The van der Waals surface area contributed by atoms with E-state index in [-0.39, 0.29) is 11.7 Å². The fourth-order valence-electron chi connectivity index (χ4n) is 1.43. The summed E-state index contributed by atoms with van der Waals surface area (Å²) in [5.41, 5.74) is 1.26. The topological polar surface area (TPSA) is 40.5 Å². The third kappa shape index (κ3) is 2.89. The zero-order valence-corrected chi connectivity index (χ0v) is 10.3. The van der Waals surface area contributed by atoms with Gasteiger partial charge in [0.1, 0.15) is 5.75 Å². The molecule has 0 aromatic heterocycles. The van der Waals surface area contributed by atoms with Crippen LogP contribution in [0.3, 0.4) is 0 Å². The Kier molecular flexibility index (Phi) is 4.62. The van der Waals surface area contributed by atoms with Gasteiger partial charge in [-0.25, -0.2) is 0 Å². The Hall–Kier alpha value is -1.22. The molecule has 0 aliphatic rings. The number of halogens is 1. The summed E-state index contributed by atoms with van der Waals surface area (Å²) in [5, 5.41) is 9.54. The van der Waals surface area contributed by atoms with Crippen molar-refractivity contribution in [2.45, 2.75) is 13.8 Å². The van der Waals surface area contributed by atoms with E-state index < -0.39 is 0 Å². The van der Waals surface area contributed by atoms with Crippen LogP contribution >= 0.6 is 11.6 Å². The van der Waals surface area contributed by atoms with E-state index in [1.165, 1.54) is 6.07 Å². The monoisotopic (exact) mass is 241 g/mol. The number of aryl methyl sites for hydroxylation is 1. The number of carbonyl (C=O) groups is 1. The van der Waals surface area contributed by atoms with Gasteiger partial charge < -0.3 is 10.0 Å². The zero-order chi connectivity index (χ0) is 12.1. The second kappa shape index (κ2) is 5.75. The smallest absolute Gasteiger partial charge is 0.254 e. The van der Waals surface area contributed by atoms with Crippen LogP contribution in [-0.2, 0) is 0 Å². The van der Waals surface area contributed by atoms with Crippen LogP contribution in [0.4, 0.5) is 0 Å². The first-order chi connectivity index (χ1) is 7.60. The molecule has 0 spiro atoms. The summed E-state index contributed by atoms with van der Waals surface area (Å²) in [6.07, 6.45) is 0. The first-order valence-corrected chi connectivity index (χ1v) is 5.78. The highest BCUT2D eigenvalue weighted by Crippen LogP contribution is 2.18. The van der Waals surface area contributed by atoms with Gasteiger partial charge in [-0.05, 0) is 31.5 Å². The largest absolute Gasteiger partial charge is 0.508 e. The summed E-state index contributed by atoms with van der Waals surface area (Å²) in [6, 6.07) is 4.94. The molecule has 1 rings (SSSR count). The van der Waals surface area contributed by atoms with Gasteiger partial charge in [0, 0.05) is 24.5 Å². The second-order valence-corrected chi connectivity index (χ2v) is 3.95. The number of aromatic hydroxyl groups is 1. The molecule has 0 radical (unpaired) electrons. The minimum atomic E-state index is -0.0987. The number of hydrogen-bond donors (Lipinski definition) is 1. The number of alkyl halides is 1. The van der Waals surface area contributed by atoms with E-state index >= 15 is 0 Å². The molecule has 0 saturated carbocycles. The van der Waals surface area contributed by atoms with Gasteiger partial charge in [-0.2, -0.15) is 0 Å². The van der Waals surface area contributed by atoms with Crippen LogP contribution in [0.25, 0.3) is 0 Å². The van der Waals surface area contributed by atoms with Gasteiger partial charge in [0.25, 0.3) is 5.91 Å². The zero-order valence-electron chi connectivity index (χ0n) is 9.53. The molecule has 0 bridgehead atoms. The summed E-state index contributed by atoms with van der Waals surface area (Å²) < 4.78 is 0. The standard InChI is InChI=1S/C12H16ClNO2/c1-3-14(7-6-13)12(16)10-5-4-9(2)11(15)8-10/h4-5,8,15H,3,6-7H2,1-2H3. The molecule has 88 valence electrons. The lowest BCUT2D eigenvalue weighted by atomic mass is 10.1. The van der Waals surface area contributed by atoms with Gasteiger partial charge in [0.2, 0.25) is 0 Å². The highest BCUT2D eigenvalue weighted by molar-refractivity contribution is 6.18. The lowest BCUT2D eigenvalue weighted by Gasteiger charge is -2.19. The second-order valence-electron chi connectivity index (χ2n) is 3.58. The van der Waals surface area contributed by atoms with Crippen molar-refractivity contribution < 1.29 is 9.90 Å². The Morgan fingerprint density at radius 1 is 1.50 bits per heavy atom. The summed E-state index contributed by atoms with van der Waals surface area (Å²) >= 11 is 5.62. The van der Waals surface area contributed by atoms with E-state index in [2.05, 4.69) is 0 Å². The van der Waals surface area contributed by atoms with E-state index in [1.807, 2.05) is 6.92 Å². The van der Waals surface area contributed by atoms with Gasteiger partial charge in [0.05, 0.1) is 0 Å². The van der Waals surface area contributed by atoms with Gasteiger partial charge in [-0.15, -0.1) is 11.6 Å². The minimum Gasteiger partial charge on any atom is -0.508 e. The van der Waals surface area contributed by atoms with Gasteiger partial charge in [0.15, 0.2) is 0 Å². The van der Waals surface area contributed by atoms with Crippen LogP contribution < -0.4 is 0 Å². The number of phenolic OH excluding ortho intramolecular Hbond substituents is 1. The number of nitrogens with zero attached hydrogens (tertiary/aromatic N) is 1. The Morgan fingerprint density at radius 3 is 2.69 bits per heavy atom. The molecular weight excluding hydrogens is 226 g/mol. The Morgan fingerprint density at radius 2 is 2.19 bits per heavy atom. The molecule has 4 heteroatoms. The predicted molar refractivity (Wildman–Crippen MR) is 65.1 cm³/mol. The van der Waals surface area contributed by atoms with Crippen LogP contribution in [0.5, 0.6) is 5.75 Å². The summed E-state index contributed by atoms with van der Waals surface area (Å²) in [4.78, 5) is 13.6. The number of amides is 1. The third-order valence-electron chi connectivity index (χ3n) is 2.48. The van der Waals surface area contributed by atoms with Crippen LogP contribution in [0.1, 0.15) is 22.8 Å². The first-order valence-electron chi connectivity index (χ1n) is 5.25. The van der Waals surface area contributed by atoms with Gasteiger partial charge >= 0.3 is 0 Å². The van der Waals surface area contributed by atoms with Crippen molar-refractivity contribution in [2.75, 3.05) is 19.0 Å². The van der Waals surface area contributed by atoms with Crippen molar-refractivity contribution in [2.24, 2.45) is 0 Å². The Bertz CT molecular complexity index is 379. The summed E-state index contributed by atoms with van der Waals surface area (Å²) in [5.74, 6) is 0.462. The van der Waals surface area contributed by atoms with Crippen LogP contribution in [-0.4, -0.2) is 34.9 Å². The maximum Gasteiger partial charge on any atom is 0.254 e. The number of hydrogen-bond acceptors (Lipinski definition) is 2. The van der Waals surface area contributed by atoms with E-state index in [4.69, 9.17) is 11.6 Å². The Labute approximate surface area is 101 Å². The number of benzene rings is 1. The fourth-order valence-corrected chi connectivity index (χ4v) is 1.63. The van der Waals surface area contributed by atoms with E-state index in [0.717, 1.165) is 5.56 Å². The van der Waals surface area contributed by atoms with E-state index in [9.17, 15) is 9.90 Å². The van der Waals surface area contributed by atoms with Crippen LogP contribution in [0.2, 0.25) is 0 Å². The number of rotatable bonds is 4.